The van der Waals surface area contributed by atoms with Crippen molar-refractivity contribution < 1.29 is 4.74 Å². The second-order valence-electron chi connectivity index (χ2n) is 5.31. The van der Waals surface area contributed by atoms with Gasteiger partial charge in [-0.25, -0.2) is 0 Å². The summed E-state index contributed by atoms with van der Waals surface area (Å²) in [6.07, 6.45) is 3.68. The molecule has 0 radical (unpaired) electrons. The molecule has 108 valence electrons. The Morgan fingerprint density at radius 2 is 1.74 bits per heavy atom. The summed E-state index contributed by atoms with van der Waals surface area (Å²) in [5.41, 5.74) is 3.99. The Labute approximate surface area is 118 Å². The molecule has 0 amide bonds. The minimum Gasteiger partial charge on any atom is -0.379 e. The van der Waals surface area contributed by atoms with Gasteiger partial charge in [0.05, 0.1) is 12.6 Å². The molecule has 2 heteroatoms. The van der Waals surface area contributed by atoms with Crippen molar-refractivity contribution in [2.24, 2.45) is 0 Å². The lowest BCUT2D eigenvalue weighted by Gasteiger charge is -2.19. The molecule has 0 saturated heterocycles. The van der Waals surface area contributed by atoms with E-state index in [-0.39, 0.29) is 0 Å². The van der Waals surface area contributed by atoms with Crippen LogP contribution in [-0.4, -0.2) is 19.8 Å². The van der Waals surface area contributed by atoms with Crippen LogP contribution >= 0.6 is 0 Å². The maximum Gasteiger partial charge on any atom is 0.0661 e. The summed E-state index contributed by atoms with van der Waals surface area (Å²) in [5.74, 6) is 0. The van der Waals surface area contributed by atoms with Gasteiger partial charge in [0.25, 0.3) is 0 Å². The van der Waals surface area contributed by atoms with Crippen LogP contribution in [0, 0.1) is 13.8 Å². The van der Waals surface area contributed by atoms with Crippen molar-refractivity contribution in [1.82, 2.24) is 5.32 Å². The molecule has 0 aliphatic rings. The van der Waals surface area contributed by atoms with Gasteiger partial charge >= 0.3 is 0 Å². The highest BCUT2D eigenvalue weighted by Crippen LogP contribution is 2.17. The molecule has 0 aromatic heterocycles. The van der Waals surface area contributed by atoms with Gasteiger partial charge in [0, 0.05) is 6.61 Å². The van der Waals surface area contributed by atoms with Gasteiger partial charge in [0.2, 0.25) is 0 Å². The van der Waals surface area contributed by atoms with Gasteiger partial charge < -0.3 is 10.1 Å². The minimum atomic E-state index is 0.310. The first-order chi connectivity index (χ1) is 9.17. The van der Waals surface area contributed by atoms with Crippen molar-refractivity contribution in [2.75, 3.05) is 19.8 Å². The fraction of sp³-hybridized carbons (Fsp3) is 0.647. The Hall–Kier alpha value is -0.860. The van der Waals surface area contributed by atoms with Gasteiger partial charge in [-0.2, -0.15) is 0 Å². The van der Waals surface area contributed by atoms with Crippen LogP contribution in [0.15, 0.2) is 18.2 Å². The second-order valence-corrected chi connectivity index (χ2v) is 5.31. The zero-order chi connectivity index (χ0) is 14.1. The second kappa shape index (κ2) is 9.11. The molecule has 0 spiro atoms. The van der Waals surface area contributed by atoms with E-state index >= 15 is 0 Å². The van der Waals surface area contributed by atoms with E-state index in [4.69, 9.17) is 4.74 Å². The lowest BCUT2D eigenvalue weighted by molar-refractivity contribution is 0.108. The van der Waals surface area contributed by atoms with Crippen LogP contribution in [0.25, 0.3) is 0 Å². The fourth-order valence-corrected chi connectivity index (χ4v) is 2.39. The van der Waals surface area contributed by atoms with E-state index in [0.717, 1.165) is 19.8 Å². The van der Waals surface area contributed by atoms with Gasteiger partial charge in [-0.15, -0.1) is 0 Å². The summed E-state index contributed by atoms with van der Waals surface area (Å²) in [6.45, 7) is 11.3. The number of ether oxygens (including phenoxy) is 1. The summed E-state index contributed by atoms with van der Waals surface area (Å²) in [7, 11) is 0. The number of likely N-dealkylation sites (N-methyl/N-ethyl adjacent to an activating group) is 1. The molecule has 0 heterocycles. The standard InChI is InChI=1S/C17H29NO/c1-5-7-8-9-19-13-17(18-6-2)16-11-14(3)10-15(4)12-16/h10-12,17-18H,5-9,13H2,1-4H3. The molecule has 1 aromatic carbocycles. The molecule has 0 saturated carbocycles. The van der Waals surface area contributed by atoms with Crippen LogP contribution in [0.4, 0.5) is 0 Å². The number of unbranched alkanes of at least 4 members (excludes halogenated alkanes) is 2. The van der Waals surface area contributed by atoms with Gasteiger partial charge in [0.15, 0.2) is 0 Å². The molecule has 0 aliphatic carbocycles. The van der Waals surface area contributed by atoms with E-state index in [1.54, 1.807) is 0 Å². The summed E-state index contributed by atoms with van der Waals surface area (Å²) in [6, 6.07) is 7.05. The molecule has 2 nitrogen and oxygen atoms in total. The Kier molecular flexibility index (Phi) is 7.76. The van der Waals surface area contributed by atoms with E-state index in [1.165, 1.54) is 36.0 Å². The van der Waals surface area contributed by atoms with E-state index < -0.39 is 0 Å². The van der Waals surface area contributed by atoms with Crippen LogP contribution in [-0.2, 0) is 4.74 Å². The van der Waals surface area contributed by atoms with Crippen molar-refractivity contribution >= 4 is 0 Å². The number of hydrogen-bond donors (Lipinski definition) is 1. The third-order valence-electron chi connectivity index (χ3n) is 3.27. The van der Waals surface area contributed by atoms with E-state index in [1.807, 2.05) is 0 Å². The van der Waals surface area contributed by atoms with E-state index in [9.17, 15) is 0 Å². The number of rotatable bonds is 9. The quantitative estimate of drug-likeness (QED) is 0.675. The number of hydrogen-bond acceptors (Lipinski definition) is 2. The van der Waals surface area contributed by atoms with Crippen LogP contribution in [0.2, 0.25) is 0 Å². The van der Waals surface area contributed by atoms with Gasteiger partial charge in [-0.3, -0.25) is 0 Å². The minimum absolute atomic E-state index is 0.310. The van der Waals surface area contributed by atoms with Gasteiger partial charge in [0.1, 0.15) is 0 Å². The SMILES string of the molecule is CCCCCOCC(NCC)c1cc(C)cc(C)c1. The molecular formula is C17H29NO. The smallest absolute Gasteiger partial charge is 0.0661 e. The van der Waals surface area contributed by atoms with Crippen LogP contribution in [0.1, 0.15) is 55.8 Å². The average Bonchev–Trinajstić information content (AvgIpc) is 2.36. The predicted octanol–water partition coefficient (Wildman–Crippen LogP) is 4.16. The van der Waals surface area contributed by atoms with Gasteiger partial charge in [-0.1, -0.05) is 56.0 Å². The molecule has 0 bridgehead atoms. The van der Waals surface area contributed by atoms with Crippen LogP contribution in [0.3, 0.4) is 0 Å². The highest BCUT2D eigenvalue weighted by molar-refractivity contribution is 5.30. The molecule has 1 N–H and O–H groups in total. The van der Waals surface area contributed by atoms with Crippen LogP contribution < -0.4 is 5.32 Å². The molecule has 1 aromatic rings. The number of benzene rings is 1. The van der Waals surface area contributed by atoms with E-state index in [0.29, 0.717) is 6.04 Å². The molecule has 0 aliphatic heterocycles. The fourth-order valence-electron chi connectivity index (χ4n) is 2.39. The van der Waals surface area contributed by atoms with Gasteiger partial charge in [-0.05, 0) is 32.4 Å². The van der Waals surface area contributed by atoms with Crippen molar-refractivity contribution in [3.63, 3.8) is 0 Å². The largest absolute Gasteiger partial charge is 0.379 e. The molecule has 1 unspecified atom stereocenters. The zero-order valence-corrected chi connectivity index (χ0v) is 13.0. The highest BCUT2D eigenvalue weighted by Gasteiger charge is 2.11. The first-order valence-electron chi connectivity index (χ1n) is 7.56. The first kappa shape index (κ1) is 16.2. The Morgan fingerprint density at radius 1 is 1.05 bits per heavy atom. The number of nitrogens with one attached hydrogen (secondary N) is 1. The lowest BCUT2D eigenvalue weighted by Crippen LogP contribution is -2.25. The average molecular weight is 263 g/mol. The Bertz CT molecular complexity index is 342. The topological polar surface area (TPSA) is 21.3 Å². The maximum absolute atomic E-state index is 5.82. The van der Waals surface area contributed by atoms with Crippen molar-refractivity contribution in [1.29, 1.82) is 0 Å². The zero-order valence-electron chi connectivity index (χ0n) is 13.0. The van der Waals surface area contributed by atoms with Crippen molar-refractivity contribution in [3.8, 4) is 0 Å². The third kappa shape index (κ3) is 6.22. The normalized spacial score (nSPS) is 12.6. The van der Waals surface area contributed by atoms with Crippen LogP contribution in [0.5, 0.6) is 0 Å². The Morgan fingerprint density at radius 3 is 2.32 bits per heavy atom. The predicted molar refractivity (Wildman–Crippen MR) is 82.7 cm³/mol. The summed E-state index contributed by atoms with van der Waals surface area (Å²) in [5, 5.41) is 3.52. The molecule has 19 heavy (non-hydrogen) atoms. The van der Waals surface area contributed by atoms with Crippen molar-refractivity contribution in [3.05, 3.63) is 34.9 Å². The maximum atomic E-state index is 5.82. The molecule has 1 atom stereocenters. The molecule has 1 rings (SSSR count). The summed E-state index contributed by atoms with van der Waals surface area (Å²) >= 11 is 0. The first-order valence-corrected chi connectivity index (χ1v) is 7.56. The lowest BCUT2D eigenvalue weighted by atomic mass is 10.0. The van der Waals surface area contributed by atoms with E-state index in [2.05, 4.69) is 51.2 Å². The monoisotopic (exact) mass is 263 g/mol. The van der Waals surface area contributed by atoms with Crippen molar-refractivity contribution in [2.45, 2.75) is 53.0 Å². The summed E-state index contributed by atoms with van der Waals surface area (Å²) < 4.78 is 5.82. The molecule has 0 fully saturated rings. The highest BCUT2D eigenvalue weighted by atomic mass is 16.5. The number of aryl methyl sites for hydroxylation is 2. The third-order valence-corrected chi connectivity index (χ3v) is 3.27. The molecular weight excluding hydrogens is 234 g/mol. The summed E-state index contributed by atoms with van der Waals surface area (Å²) in [4.78, 5) is 0. The Balaban J connectivity index is 2.55.